The fraction of sp³-hybridized carbons (Fsp3) is 0.786. The van der Waals surface area contributed by atoms with E-state index < -0.39 is 0 Å². The van der Waals surface area contributed by atoms with Crippen molar-refractivity contribution in [2.75, 3.05) is 6.54 Å². The maximum absolute atomic E-state index is 4.41. The summed E-state index contributed by atoms with van der Waals surface area (Å²) in [6.45, 7) is 7.70. The third-order valence-electron chi connectivity index (χ3n) is 2.99. The fourth-order valence-corrected chi connectivity index (χ4v) is 2.68. The van der Waals surface area contributed by atoms with E-state index in [0.29, 0.717) is 6.04 Å². The highest BCUT2D eigenvalue weighted by Crippen LogP contribution is 2.18. The Kier molecular flexibility index (Phi) is 7.45. The largest absolute Gasteiger partial charge is 0.308 e. The molecule has 98 valence electrons. The van der Waals surface area contributed by atoms with Gasteiger partial charge in [0.25, 0.3) is 0 Å². The van der Waals surface area contributed by atoms with Crippen LogP contribution in [-0.4, -0.2) is 11.5 Å². The van der Waals surface area contributed by atoms with Gasteiger partial charge in [0.2, 0.25) is 0 Å². The summed E-state index contributed by atoms with van der Waals surface area (Å²) < 4.78 is 0. The van der Waals surface area contributed by atoms with Crippen molar-refractivity contribution in [1.82, 2.24) is 10.3 Å². The van der Waals surface area contributed by atoms with E-state index in [9.17, 15) is 0 Å². The number of rotatable bonds is 9. The molecule has 0 spiro atoms. The summed E-state index contributed by atoms with van der Waals surface area (Å²) in [5.74, 6) is 0. The van der Waals surface area contributed by atoms with Crippen molar-refractivity contribution in [2.45, 2.75) is 65.3 Å². The lowest BCUT2D eigenvalue weighted by atomic mass is 10.1. The first-order valence-electron chi connectivity index (χ1n) is 6.89. The van der Waals surface area contributed by atoms with Crippen LogP contribution in [0.25, 0.3) is 0 Å². The number of aromatic nitrogens is 1. The second-order valence-corrected chi connectivity index (χ2v) is 6.02. The van der Waals surface area contributed by atoms with Gasteiger partial charge in [-0.2, -0.15) is 0 Å². The zero-order valence-corrected chi connectivity index (χ0v) is 12.3. The maximum atomic E-state index is 4.41. The van der Waals surface area contributed by atoms with E-state index in [2.05, 4.69) is 31.1 Å². The minimum Gasteiger partial charge on any atom is -0.308 e. The average molecular weight is 254 g/mol. The summed E-state index contributed by atoms with van der Waals surface area (Å²) >= 11 is 1.80. The summed E-state index contributed by atoms with van der Waals surface area (Å²) in [6, 6.07) is 0.407. The molecule has 0 saturated heterocycles. The molecule has 1 rings (SSSR count). The van der Waals surface area contributed by atoms with Gasteiger partial charge >= 0.3 is 0 Å². The average Bonchev–Trinajstić information content (AvgIpc) is 2.74. The number of hydrogen-bond donors (Lipinski definition) is 1. The molecule has 2 nitrogen and oxygen atoms in total. The molecular weight excluding hydrogens is 228 g/mol. The highest BCUT2D eigenvalue weighted by atomic mass is 32.1. The Balaban J connectivity index is 2.03. The van der Waals surface area contributed by atoms with Crippen LogP contribution in [0.3, 0.4) is 0 Å². The summed E-state index contributed by atoms with van der Waals surface area (Å²) in [6.07, 6.45) is 10.1. The van der Waals surface area contributed by atoms with Gasteiger partial charge < -0.3 is 5.32 Å². The van der Waals surface area contributed by atoms with E-state index in [-0.39, 0.29) is 0 Å². The van der Waals surface area contributed by atoms with Crippen LogP contribution in [0.2, 0.25) is 0 Å². The zero-order chi connectivity index (χ0) is 12.5. The lowest BCUT2D eigenvalue weighted by Crippen LogP contribution is -2.19. The number of thiazole rings is 1. The first-order chi connectivity index (χ1) is 8.24. The Labute approximate surface area is 110 Å². The Morgan fingerprint density at radius 2 is 1.94 bits per heavy atom. The van der Waals surface area contributed by atoms with Crippen LogP contribution in [0.1, 0.15) is 68.3 Å². The molecule has 3 heteroatoms. The molecule has 1 aromatic rings. The Morgan fingerprint density at radius 1 is 1.24 bits per heavy atom. The van der Waals surface area contributed by atoms with Crippen LogP contribution < -0.4 is 5.32 Å². The third kappa shape index (κ3) is 6.18. The molecule has 0 fully saturated rings. The molecule has 0 bridgehead atoms. The summed E-state index contributed by atoms with van der Waals surface area (Å²) in [5, 5.41) is 4.77. The Morgan fingerprint density at radius 3 is 2.59 bits per heavy atom. The van der Waals surface area contributed by atoms with Crippen LogP contribution in [0.5, 0.6) is 0 Å². The van der Waals surface area contributed by atoms with Gasteiger partial charge in [0, 0.05) is 11.1 Å². The van der Waals surface area contributed by atoms with Crippen LogP contribution in [0, 0.1) is 6.92 Å². The lowest BCUT2D eigenvalue weighted by molar-refractivity contribution is 0.526. The van der Waals surface area contributed by atoms with E-state index in [0.717, 1.165) is 6.54 Å². The van der Waals surface area contributed by atoms with Gasteiger partial charge in [0.1, 0.15) is 5.01 Å². The van der Waals surface area contributed by atoms with E-state index in [1.165, 1.54) is 48.4 Å². The normalized spacial score (nSPS) is 12.9. The molecular formula is C14H26N2S. The third-order valence-corrected chi connectivity index (χ3v) is 4.09. The molecule has 0 aliphatic carbocycles. The van der Waals surface area contributed by atoms with E-state index in [1.54, 1.807) is 11.3 Å². The highest BCUT2D eigenvalue weighted by Gasteiger charge is 2.07. The monoisotopic (exact) mass is 254 g/mol. The van der Waals surface area contributed by atoms with E-state index in [1.807, 2.05) is 6.20 Å². The minimum atomic E-state index is 0.407. The van der Waals surface area contributed by atoms with Crippen molar-refractivity contribution in [1.29, 1.82) is 0 Å². The summed E-state index contributed by atoms with van der Waals surface area (Å²) in [5.41, 5.74) is 0. The molecule has 17 heavy (non-hydrogen) atoms. The quantitative estimate of drug-likeness (QED) is 0.658. The number of nitrogens with zero attached hydrogens (tertiary/aromatic N) is 1. The van der Waals surface area contributed by atoms with Crippen LogP contribution in [-0.2, 0) is 0 Å². The standard InChI is InChI=1S/C14H26N2S/c1-4-5-6-7-8-9-10-15-13(3)14-16-11-12(2)17-14/h11,13,15H,4-10H2,1-3H3. The number of unbranched alkanes of at least 4 members (excludes halogenated alkanes) is 5. The smallest absolute Gasteiger partial charge is 0.109 e. The van der Waals surface area contributed by atoms with Gasteiger partial charge in [-0.05, 0) is 26.8 Å². The van der Waals surface area contributed by atoms with Gasteiger partial charge in [-0.1, -0.05) is 39.0 Å². The molecule has 0 saturated carbocycles. The Hall–Kier alpha value is -0.410. The molecule has 0 radical (unpaired) electrons. The molecule has 0 aliphatic heterocycles. The topological polar surface area (TPSA) is 24.9 Å². The lowest BCUT2D eigenvalue weighted by Gasteiger charge is -2.10. The van der Waals surface area contributed by atoms with Gasteiger partial charge in [-0.15, -0.1) is 11.3 Å². The van der Waals surface area contributed by atoms with Crippen LogP contribution in [0.4, 0.5) is 0 Å². The van der Waals surface area contributed by atoms with Crippen molar-refractivity contribution in [3.63, 3.8) is 0 Å². The van der Waals surface area contributed by atoms with Crippen molar-refractivity contribution in [2.24, 2.45) is 0 Å². The van der Waals surface area contributed by atoms with Crippen molar-refractivity contribution in [3.05, 3.63) is 16.1 Å². The molecule has 1 unspecified atom stereocenters. The molecule has 0 aromatic carbocycles. The number of nitrogens with one attached hydrogen (secondary N) is 1. The second-order valence-electron chi connectivity index (χ2n) is 4.75. The van der Waals surface area contributed by atoms with Gasteiger partial charge in [0.05, 0.1) is 6.04 Å². The second kappa shape index (κ2) is 8.65. The van der Waals surface area contributed by atoms with Gasteiger partial charge in [-0.25, -0.2) is 4.98 Å². The SMILES string of the molecule is CCCCCCCCNC(C)c1ncc(C)s1. The van der Waals surface area contributed by atoms with E-state index in [4.69, 9.17) is 0 Å². The molecule has 0 aliphatic rings. The van der Waals surface area contributed by atoms with Gasteiger partial charge in [0.15, 0.2) is 0 Å². The summed E-state index contributed by atoms with van der Waals surface area (Å²) in [4.78, 5) is 5.71. The minimum absolute atomic E-state index is 0.407. The van der Waals surface area contributed by atoms with Crippen LogP contribution in [0.15, 0.2) is 6.20 Å². The predicted molar refractivity (Wildman–Crippen MR) is 76.6 cm³/mol. The van der Waals surface area contributed by atoms with Gasteiger partial charge in [-0.3, -0.25) is 0 Å². The first-order valence-corrected chi connectivity index (χ1v) is 7.71. The first kappa shape index (κ1) is 14.7. The number of aryl methyl sites for hydroxylation is 1. The Bertz CT molecular complexity index is 296. The summed E-state index contributed by atoms with van der Waals surface area (Å²) in [7, 11) is 0. The van der Waals surface area contributed by atoms with Crippen molar-refractivity contribution in [3.8, 4) is 0 Å². The van der Waals surface area contributed by atoms with Crippen LogP contribution >= 0.6 is 11.3 Å². The molecule has 1 atom stereocenters. The van der Waals surface area contributed by atoms with Crippen molar-refractivity contribution >= 4 is 11.3 Å². The predicted octanol–water partition coefficient (Wildman–Crippen LogP) is 4.46. The fourth-order valence-electron chi connectivity index (χ4n) is 1.88. The molecule has 1 heterocycles. The zero-order valence-electron chi connectivity index (χ0n) is 11.5. The molecule has 1 N–H and O–H groups in total. The molecule has 0 amide bonds. The van der Waals surface area contributed by atoms with Crippen molar-refractivity contribution < 1.29 is 0 Å². The molecule has 1 aromatic heterocycles. The number of hydrogen-bond acceptors (Lipinski definition) is 3. The van der Waals surface area contributed by atoms with E-state index >= 15 is 0 Å². The highest BCUT2D eigenvalue weighted by molar-refractivity contribution is 7.11. The maximum Gasteiger partial charge on any atom is 0.109 e.